The Hall–Kier alpha value is -3.39. The number of thiazole rings is 1. The number of benzene rings is 1. The molecule has 1 aliphatic heterocycles. The van der Waals surface area contributed by atoms with Crippen molar-refractivity contribution in [3.05, 3.63) is 65.2 Å². The van der Waals surface area contributed by atoms with E-state index >= 15 is 0 Å². The zero-order chi connectivity index (χ0) is 21.3. The molecule has 0 aliphatic carbocycles. The molecule has 0 fully saturated rings. The van der Waals surface area contributed by atoms with E-state index in [2.05, 4.69) is 15.3 Å². The Kier molecular flexibility index (Phi) is 5.41. The van der Waals surface area contributed by atoms with Crippen molar-refractivity contribution >= 4 is 34.2 Å². The number of anilines is 1. The predicted octanol–water partition coefficient (Wildman–Crippen LogP) is 3.85. The molecule has 0 spiro atoms. The van der Waals surface area contributed by atoms with Gasteiger partial charge in [-0.1, -0.05) is 38.5 Å². The molecule has 3 amide bonds. The van der Waals surface area contributed by atoms with Crippen LogP contribution in [0, 0.1) is 5.92 Å². The Morgan fingerprint density at radius 3 is 2.33 bits per heavy atom. The normalized spacial score (nSPS) is 15.1. The van der Waals surface area contributed by atoms with Gasteiger partial charge in [0.1, 0.15) is 11.7 Å². The van der Waals surface area contributed by atoms with Crippen molar-refractivity contribution in [2.75, 3.05) is 5.32 Å². The summed E-state index contributed by atoms with van der Waals surface area (Å²) in [6.45, 7) is 3.78. The molecule has 7 nitrogen and oxygen atoms in total. The molecule has 152 valence electrons. The van der Waals surface area contributed by atoms with E-state index in [1.807, 2.05) is 32.0 Å². The van der Waals surface area contributed by atoms with Crippen LogP contribution in [0.15, 0.2) is 54.0 Å². The number of aromatic nitrogens is 2. The lowest BCUT2D eigenvalue weighted by molar-refractivity contribution is -0.121. The third-order valence-corrected chi connectivity index (χ3v) is 5.97. The summed E-state index contributed by atoms with van der Waals surface area (Å²) in [7, 11) is 0. The summed E-state index contributed by atoms with van der Waals surface area (Å²) in [5, 5.41) is 4.98. The van der Waals surface area contributed by atoms with Crippen LogP contribution < -0.4 is 5.32 Å². The van der Waals surface area contributed by atoms with Crippen molar-refractivity contribution in [2.24, 2.45) is 5.92 Å². The van der Waals surface area contributed by atoms with Gasteiger partial charge in [0.15, 0.2) is 5.13 Å². The maximum Gasteiger partial charge on any atom is 0.262 e. The van der Waals surface area contributed by atoms with E-state index in [1.165, 1.54) is 11.3 Å². The molecule has 2 atom stereocenters. The lowest BCUT2D eigenvalue weighted by atomic mass is 9.96. The van der Waals surface area contributed by atoms with Crippen LogP contribution in [-0.2, 0) is 4.79 Å². The van der Waals surface area contributed by atoms with Gasteiger partial charge in [-0.15, -0.1) is 11.3 Å². The highest BCUT2D eigenvalue weighted by molar-refractivity contribution is 7.14. The summed E-state index contributed by atoms with van der Waals surface area (Å²) >= 11 is 1.27. The van der Waals surface area contributed by atoms with Crippen molar-refractivity contribution in [3.63, 3.8) is 0 Å². The molecular formula is C22H20N4O3S. The molecule has 0 saturated carbocycles. The van der Waals surface area contributed by atoms with Crippen molar-refractivity contribution < 1.29 is 14.4 Å². The number of hydrogen-bond donors (Lipinski definition) is 1. The molecule has 0 saturated heterocycles. The second kappa shape index (κ2) is 8.16. The number of imide groups is 1. The third-order valence-electron chi connectivity index (χ3n) is 5.22. The van der Waals surface area contributed by atoms with Gasteiger partial charge in [-0.3, -0.25) is 24.3 Å². The zero-order valence-electron chi connectivity index (χ0n) is 16.5. The Balaban J connectivity index is 1.60. The van der Waals surface area contributed by atoms with Crippen LogP contribution in [0.3, 0.4) is 0 Å². The molecule has 0 bridgehead atoms. The fourth-order valence-corrected chi connectivity index (χ4v) is 4.16. The third kappa shape index (κ3) is 3.50. The molecule has 2 unspecified atom stereocenters. The molecule has 4 rings (SSSR count). The van der Waals surface area contributed by atoms with Crippen LogP contribution in [0.2, 0.25) is 0 Å². The van der Waals surface area contributed by atoms with E-state index in [1.54, 1.807) is 35.8 Å². The van der Waals surface area contributed by atoms with Gasteiger partial charge in [0, 0.05) is 11.6 Å². The highest BCUT2D eigenvalue weighted by Crippen LogP contribution is 2.30. The van der Waals surface area contributed by atoms with Gasteiger partial charge in [0.2, 0.25) is 5.91 Å². The van der Waals surface area contributed by atoms with Crippen LogP contribution in [0.25, 0.3) is 11.4 Å². The number of pyridine rings is 1. The van der Waals surface area contributed by atoms with E-state index in [4.69, 9.17) is 0 Å². The van der Waals surface area contributed by atoms with Gasteiger partial charge in [0.05, 0.1) is 16.8 Å². The maximum absolute atomic E-state index is 13.2. The molecule has 1 N–H and O–H groups in total. The first-order valence-electron chi connectivity index (χ1n) is 9.66. The predicted molar refractivity (Wildman–Crippen MR) is 114 cm³/mol. The number of rotatable bonds is 6. The quantitative estimate of drug-likeness (QED) is 0.612. The average Bonchev–Trinajstić information content (AvgIpc) is 3.33. The first-order valence-corrected chi connectivity index (χ1v) is 10.5. The smallest absolute Gasteiger partial charge is 0.262 e. The summed E-state index contributed by atoms with van der Waals surface area (Å²) in [5.74, 6) is -1.53. The number of hydrogen-bond acceptors (Lipinski definition) is 6. The SMILES string of the molecule is CCC(C)C(C(=O)Nc1nc(-c2ccccn2)cs1)N1C(=O)c2ccccc2C1=O. The molecular weight excluding hydrogens is 400 g/mol. The Morgan fingerprint density at radius 1 is 1.07 bits per heavy atom. The number of fused-ring (bicyclic) bond motifs is 1. The van der Waals surface area contributed by atoms with Gasteiger partial charge < -0.3 is 5.32 Å². The van der Waals surface area contributed by atoms with Crippen LogP contribution in [0.4, 0.5) is 5.13 Å². The minimum Gasteiger partial charge on any atom is -0.300 e. The molecule has 2 aromatic heterocycles. The van der Waals surface area contributed by atoms with E-state index in [0.29, 0.717) is 34.1 Å². The number of carbonyl (C=O) groups excluding carboxylic acids is 3. The fourth-order valence-electron chi connectivity index (χ4n) is 3.46. The Bertz CT molecular complexity index is 1080. The highest BCUT2D eigenvalue weighted by Gasteiger charge is 2.44. The van der Waals surface area contributed by atoms with Gasteiger partial charge >= 0.3 is 0 Å². The Labute approximate surface area is 177 Å². The minimum atomic E-state index is -0.926. The molecule has 3 heterocycles. The van der Waals surface area contributed by atoms with Crippen molar-refractivity contribution in [2.45, 2.75) is 26.3 Å². The van der Waals surface area contributed by atoms with Crippen LogP contribution in [0.5, 0.6) is 0 Å². The molecule has 0 radical (unpaired) electrons. The first kappa shape index (κ1) is 19.9. The van der Waals surface area contributed by atoms with E-state index in [0.717, 1.165) is 4.90 Å². The molecule has 8 heteroatoms. The van der Waals surface area contributed by atoms with E-state index < -0.39 is 23.8 Å². The summed E-state index contributed by atoms with van der Waals surface area (Å²) in [5.41, 5.74) is 2.01. The summed E-state index contributed by atoms with van der Waals surface area (Å²) in [4.78, 5) is 48.8. The van der Waals surface area contributed by atoms with Crippen molar-refractivity contribution in [1.82, 2.24) is 14.9 Å². The minimum absolute atomic E-state index is 0.220. The fraction of sp³-hybridized carbons (Fsp3) is 0.227. The molecule has 30 heavy (non-hydrogen) atoms. The number of carbonyl (C=O) groups is 3. The zero-order valence-corrected chi connectivity index (χ0v) is 17.3. The maximum atomic E-state index is 13.2. The van der Waals surface area contributed by atoms with Gasteiger partial charge in [-0.05, 0) is 30.2 Å². The lowest BCUT2D eigenvalue weighted by Gasteiger charge is -2.29. The summed E-state index contributed by atoms with van der Waals surface area (Å²) in [6, 6.07) is 11.2. The topological polar surface area (TPSA) is 92.3 Å². The Morgan fingerprint density at radius 2 is 1.73 bits per heavy atom. The highest BCUT2D eigenvalue weighted by atomic mass is 32.1. The number of nitrogens with one attached hydrogen (secondary N) is 1. The molecule has 1 aromatic carbocycles. The van der Waals surface area contributed by atoms with Crippen LogP contribution in [0.1, 0.15) is 41.0 Å². The summed E-state index contributed by atoms with van der Waals surface area (Å²) in [6.07, 6.45) is 2.30. The number of amides is 3. The van der Waals surface area contributed by atoms with Gasteiger partial charge in [-0.25, -0.2) is 4.98 Å². The van der Waals surface area contributed by atoms with Crippen LogP contribution >= 0.6 is 11.3 Å². The second-order valence-electron chi connectivity index (χ2n) is 7.10. The molecule has 1 aliphatic rings. The monoisotopic (exact) mass is 420 g/mol. The van der Waals surface area contributed by atoms with Crippen LogP contribution in [-0.4, -0.2) is 38.6 Å². The average molecular weight is 420 g/mol. The molecule has 3 aromatic rings. The standard InChI is InChI=1S/C22H20N4O3S/c1-3-13(2)18(26-20(28)14-8-4-5-9-15(14)21(26)29)19(27)25-22-24-17(12-30-22)16-10-6-7-11-23-16/h4-13,18H,3H2,1-2H3,(H,24,25,27). The first-order chi connectivity index (χ1) is 14.5. The summed E-state index contributed by atoms with van der Waals surface area (Å²) < 4.78 is 0. The van der Waals surface area contributed by atoms with Gasteiger partial charge in [0.25, 0.3) is 11.8 Å². The largest absolute Gasteiger partial charge is 0.300 e. The van der Waals surface area contributed by atoms with E-state index in [-0.39, 0.29) is 5.92 Å². The number of nitrogens with zero attached hydrogens (tertiary/aromatic N) is 3. The lowest BCUT2D eigenvalue weighted by Crippen LogP contribution is -2.50. The second-order valence-corrected chi connectivity index (χ2v) is 7.96. The van der Waals surface area contributed by atoms with E-state index in [9.17, 15) is 14.4 Å². The van der Waals surface area contributed by atoms with Gasteiger partial charge in [-0.2, -0.15) is 0 Å². The van der Waals surface area contributed by atoms with Crippen molar-refractivity contribution in [1.29, 1.82) is 0 Å². The van der Waals surface area contributed by atoms with Crippen molar-refractivity contribution in [3.8, 4) is 11.4 Å².